The molecule has 2 aromatic carbocycles. The first-order valence-corrected chi connectivity index (χ1v) is 10.7. The summed E-state index contributed by atoms with van der Waals surface area (Å²) in [6.07, 6.45) is 5.35. The maximum atomic E-state index is 14.1. The summed E-state index contributed by atoms with van der Waals surface area (Å²) in [6, 6.07) is 14.7. The van der Waals surface area contributed by atoms with Crippen LogP contribution >= 0.6 is 11.6 Å². The molecule has 2 heterocycles. The molecule has 0 unspecified atom stereocenters. The zero-order chi connectivity index (χ0) is 23.2. The smallest absolute Gasteiger partial charge is 0.255 e. The fraction of sp³-hybridized carbons (Fsp3) is 0.208. The number of amides is 1. The number of methoxy groups -OCH3 is 1. The van der Waals surface area contributed by atoms with Gasteiger partial charge in [0.1, 0.15) is 11.5 Å². The van der Waals surface area contributed by atoms with Gasteiger partial charge < -0.3 is 10.1 Å². The molecule has 170 valence electrons. The molecule has 0 aliphatic carbocycles. The van der Waals surface area contributed by atoms with E-state index in [0.29, 0.717) is 29.9 Å². The van der Waals surface area contributed by atoms with Crippen molar-refractivity contribution in [3.8, 4) is 0 Å². The number of nitrogens with one attached hydrogen (secondary N) is 1. The first kappa shape index (κ1) is 22.7. The molecule has 0 saturated carbocycles. The summed E-state index contributed by atoms with van der Waals surface area (Å²) >= 11 is 5.82. The Hall–Kier alpha value is -3.49. The minimum Gasteiger partial charge on any atom is -0.378 e. The SMILES string of the molecule is COCc1nn(Cc2ccc(Cn3cccn3)cc2)cc1C(=O)NCc1cccc(Cl)c1F. The highest BCUT2D eigenvalue weighted by Gasteiger charge is 2.17. The van der Waals surface area contributed by atoms with Crippen LogP contribution in [0.1, 0.15) is 32.7 Å². The van der Waals surface area contributed by atoms with Gasteiger partial charge >= 0.3 is 0 Å². The molecule has 1 N–H and O–H groups in total. The lowest BCUT2D eigenvalue weighted by Gasteiger charge is -2.07. The first-order chi connectivity index (χ1) is 16.0. The van der Waals surface area contributed by atoms with Gasteiger partial charge in [-0.25, -0.2) is 4.39 Å². The third-order valence-corrected chi connectivity index (χ3v) is 5.40. The molecule has 4 rings (SSSR count). The standard InChI is InChI=1S/C24H23ClFN5O2/c1-33-16-22-20(24(32)27-12-19-4-2-5-21(25)23(19)26)15-31(29-22)14-18-8-6-17(7-9-18)13-30-11-3-10-28-30/h2-11,15H,12-14,16H2,1H3,(H,27,32). The van der Waals surface area contributed by atoms with Gasteiger partial charge in [0.2, 0.25) is 0 Å². The zero-order valence-electron chi connectivity index (χ0n) is 18.0. The van der Waals surface area contributed by atoms with E-state index in [0.717, 1.165) is 11.1 Å². The Labute approximate surface area is 195 Å². The summed E-state index contributed by atoms with van der Waals surface area (Å²) in [5, 5.41) is 11.5. The van der Waals surface area contributed by atoms with E-state index < -0.39 is 5.82 Å². The van der Waals surface area contributed by atoms with E-state index in [-0.39, 0.29) is 24.1 Å². The summed E-state index contributed by atoms with van der Waals surface area (Å²) in [5.74, 6) is -0.898. The average molecular weight is 468 g/mol. The Balaban J connectivity index is 1.44. The summed E-state index contributed by atoms with van der Waals surface area (Å²) in [7, 11) is 1.54. The number of benzene rings is 2. The van der Waals surface area contributed by atoms with Crippen LogP contribution in [0.3, 0.4) is 0 Å². The number of carbonyl (C=O) groups excluding carboxylic acids is 1. The monoisotopic (exact) mass is 467 g/mol. The van der Waals surface area contributed by atoms with Gasteiger partial charge in [-0.05, 0) is 23.3 Å². The van der Waals surface area contributed by atoms with Gasteiger partial charge in [0.25, 0.3) is 5.91 Å². The third-order valence-electron chi connectivity index (χ3n) is 5.11. The van der Waals surface area contributed by atoms with Crippen LogP contribution in [0.5, 0.6) is 0 Å². The van der Waals surface area contributed by atoms with Crippen molar-refractivity contribution in [1.82, 2.24) is 24.9 Å². The van der Waals surface area contributed by atoms with Crippen molar-refractivity contribution >= 4 is 17.5 Å². The Morgan fingerprint density at radius 2 is 1.82 bits per heavy atom. The fourth-order valence-electron chi connectivity index (χ4n) is 3.45. The van der Waals surface area contributed by atoms with E-state index >= 15 is 0 Å². The highest BCUT2D eigenvalue weighted by molar-refractivity contribution is 6.30. The lowest BCUT2D eigenvalue weighted by atomic mass is 10.1. The van der Waals surface area contributed by atoms with E-state index in [2.05, 4.69) is 15.5 Å². The quantitative estimate of drug-likeness (QED) is 0.403. The van der Waals surface area contributed by atoms with Crippen LogP contribution in [0, 0.1) is 5.82 Å². The van der Waals surface area contributed by atoms with Crippen LogP contribution in [0.4, 0.5) is 4.39 Å². The van der Waals surface area contributed by atoms with Gasteiger partial charge in [-0.15, -0.1) is 0 Å². The van der Waals surface area contributed by atoms with Gasteiger partial charge in [0.15, 0.2) is 0 Å². The van der Waals surface area contributed by atoms with Gasteiger partial charge in [-0.2, -0.15) is 10.2 Å². The molecule has 2 aromatic heterocycles. The fourth-order valence-corrected chi connectivity index (χ4v) is 3.64. The topological polar surface area (TPSA) is 74.0 Å². The van der Waals surface area contributed by atoms with Gasteiger partial charge in [-0.3, -0.25) is 14.2 Å². The lowest BCUT2D eigenvalue weighted by molar-refractivity contribution is 0.0945. The molecule has 33 heavy (non-hydrogen) atoms. The van der Waals surface area contributed by atoms with Gasteiger partial charge in [0, 0.05) is 37.8 Å². The summed E-state index contributed by atoms with van der Waals surface area (Å²) in [4.78, 5) is 12.8. The van der Waals surface area contributed by atoms with Crippen LogP contribution in [0.25, 0.3) is 0 Å². The Morgan fingerprint density at radius 3 is 2.48 bits per heavy atom. The van der Waals surface area contributed by atoms with Crippen LogP contribution in [-0.2, 0) is 31.0 Å². The molecule has 9 heteroatoms. The minimum absolute atomic E-state index is 0.0144. The minimum atomic E-state index is -0.539. The van der Waals surface area contributed by atoms with Crippen molar-refractivity contribution in [2.24, 2.45) is 0 Å². The largest absolute Gasteiger partial charge is 0.378 e. The second-order valence-electron chi connectivity index (χ2n) is 7.54. The zero-order valence-corrected chi connectivity index (χ0v) is 18.8. The van der Waals surface area contributed by atoms with Crippen LogP contribution in [0.2, 0.25) is 5.02 Å². The maximum absolute atomic E-state index is 14.1. The lowest BCUT2D eigenvalue weighted by Crippen LogP contribution is -2.24. The molecule has 0 bridgehead atoms. The van der Waals surface area contributed by atoms with Crippen molar-refractivity contribution in [1.29, 1.82) is 0 Å². The van der Waals surface area contributed by atoms with E-state index in [9.17, 15) is 9.18 Å². The molecule has 4 aromatic rings. The van der Waals surface area contributed by atoms with Crippen molar-refractivity contribution in [2.45, 2.75) is 26.2 Å². The maximum Gasteiger partial charge on any atom is 0.255 e. The van der Waals surface area contributed by atoms with Crippen molar-refractivity contribution in [3.63, 3.8) is 0 Å². The summed E-state index contributed by atoms with van der Waals surface area (Å²) in [6.45, 7) is 1.39. The number of hydrogen-bond donors (Lipinski definition) is 1. The second kappa shape index (κ2) is 10.4. The van der Waals surface area contributed by atoms with Crippen molar-refractivity contribution in [2.75, 3.05) is 7.11 Å². The van der Waals surface area contributed by atoms with Crippen LogP contribution in [-0.4, -0.2) is 32.6 Å². The molecule has 0 saturated heterocycles. The van der Waals surface area contributed by atoms with Crippen LogP contribution in [0.15, 0.2) is 67.1 Å². The summed E-state index contributed by atoms with van der Waals surface area (Å²) < 4.78 is 22.9. The Kier molecular flexibility index (Phi) is 7.16. The van der Waals surface area contributed by atoms with Crippen molar-refractivity contribution in [3.05, 3.63) is 106 Å². The molecule has 0 atom stereocenters. The molecule has 0 aliphatic heterocycles. The summed E-state index contributed by atoms with van der Waals surface area (Å²) in [5.41, 5.74) is 3.38. The predicted octanol–water partition coefficient (Wildman–Crippen LogP) is 4.05. The highest BCUT2D eigenvalue weighted by Crippen LogP contribution is 2.18. The number of carbonyl (C=O) groups is 1. The molecule has 0 fully saturated rings. The molecule has 1 amide bonds. The van der Waals surface area contributed by atoms with E-state index in [4.69, 9.17) is 16.3 Å². The van der Waals surface area contributed by atoms with Crippen LogP contribution < -0.4 is 5.32 Å². The molecule has 0 radical (unpaired) electrons. The first-order valence-electron chi connectivity index (χ1n) is 10.3. The highest BCUT2D eigenvalue weighted by atomic mass is 35.5. The van der Waals surface area contributed by atoms with Gasteiger partial charge in [-0.1, -0.05) is 48.0 Å². The molecule has 7 nitrogen and oxygen atoms in total. The normalized spacial score (nSPS) is 11.0. The Morgan fingerprint density at radius 1 is 1.09 bits per heavy atom. The predicted molar refractivity (Wildman–Crippen MR) is 122 cm³/mol. The number of aromatic nitrogens is 4. The number of nitrogens with zero attached hydrogens (tertiary/aromatic N) is 4. The second-order valence-corrected chi connectivity index (χ2v) is 7.94. The van der Waals surface area contributed by atoms with Crippen molar-refractivity contribution < 1.29 is 13.9 Å². The molecular weight excluding hydrogens is 445 g/mol. The Bertz CT molecular complexity index is 1220. The number of ether oxygens (including phenoxy) is 1. The van der Waals surface area contributed by atoms with E-state index in [1.54, 1.807) is 36.3 Å². The third kappa shape index (κ3) is 5.66. The van der Waals surface area contributed by atoms with Gasteiger partial charge in [0.05, 0.1) is 30.3 Å². The molecular formula is C24H23ClFN5O2. The van der Waals surface area contributed by atoms with E-state index in [1.807, 2.05) is 41.2 Å². The van der Waals surface area contributed by atoms with E-state index in [1.165, 1.54) is 6.07 Å². The number of hydrogen-bond acceptors (Lipinski definition) is 4. The average Bonchev–Trinajstić information content (AvgIpc) is 3.46. The molecule has 0 spiro atoms. The number of rotatable bonds is 9. The molecule has 0 aliphatic rings. The number of halogens is 2.